The van der Waals surface area contributed by atoms with Gasteiger partial charge in [-0.25, -0.2) is 0 Å². The van der Waals surface area contributed by atoms with Gasteiger partial charge in [0.2, 0.25) is 0 Å². The van der Waals surface area contributed by atoms with Crippen LogP contribution in [-0.2, 0) is 0 Å². The predicted octanol–water partition coefficient (Wildman–Crippen LogP) is 7.78. The van der Waals surface area contributed by atoms with E-state index >= 15 is 0 Å². The lowest BCUT2D eigenvalue weighted by molar-refractivity contribution is 0.315. The van der Waals surface area contributed by atoms with Crippen LogP contribution in [0.5, 0.6) is 0 Å². The van der Waals surface area contributed by atoms with Crippen LogP contribution in [0.3, 0.4) is 0 Å². The van der Waals surface area contributed by atoms with Gasteiger partial charge in [0.25, 0.3) is 0 Å². The van der Waals surface area contributed by atoms with Gasteiger partial charge in [-0.1, -0.05) is 98.3 Å². The Kier molecular flexibility index (Phi) is 17.6. The van der Waals surface area contributed by atoms with Crippen LogP contribution in [0.1, 0.15) is 110 Å². The first-order valence-electron chi connectivity index (χ1n) is 10.3. The second-order valence-corrected chi connectivity index (χ2v) is 7.32. The van der Waals surface area contributed by atoms with Crippen molar-refractivity contribution in [2.75, 3.05) is 0 Å². The Morgan fingerprint density at radius 2 is 1.13 bits per heavy atom. The molecule has 0 aliphatic heterocycles. The van der Waals surface area contributed by atoms with E-state index in [1.807, 2.05) is 0 Å². The molecular weight excluding hydrogens is 276 g/mol. The minimum absolute atomic E-state index is 0.837. The molecule has 0 aliphatic carbocycles. The smallest absolute Gasteiger partial charge is 0.00886 e. The average Bonchev–Trinajstić information content (AvgIpc) is 2.54. The second kappa shape index (κ2) is 17.9. The summed E-state index contributed by atoms with van der Waals surface area (Å²) in [5.41, 5.74) is 0. The van der Waals surface area contributed by atoms with Crippen LogP contribution < -0.4 is 0 Å². The molecule has 0 saturated heterocycles. The van der Waals surface area contributed by atoms with Gasteiger partial charge in [-0.3, -0.25) is 0 Å². The minimum Gasteiger partial charge on any atom is -0.103 e. The maximum absolute atomic E-state index is 3.91. The zero-order chi connectivity index (χ0) is 17.2. The summed E-state index contributed by atoms with van der Waals surface area (Å²) in [5.74, 6) is 8.23. The van der Waals surface area contributed by atoms with Gasteiger partial charge in [-0.05, 0) is 24.7 Å². The summed E-state index contributed by atoms with van der Waals surface area (Å²) in [6.07, 6.45) is 19.4. The fourth-order valence-corrected chi connectivity index (χ4v) is 3.16. The topological polar surface area (TPSA) is 0 Å². The van der Waals surface area contributed by atoms with Gasteiger partial charge in [-0.2, -0.15) is 0 Å². The van der Waals surface area contributed by atoms with Crippen LogP contribution in [0.4, 0.5) is 0 Å². The van der Waals surface area contributed by atoms with Crippen LogP contribution in [0.15, 0.2) is 0 Å². The molecule has 0 heterocycles. The van der Waals surface area contributed by atoms with Crippen LogP contribution >= 0.6 is 0 Å². The van der Waals surface area contributed by atoms with Gasteiger partial charge in [0, 0.05) is 12.8 Å². The number of unbranched alkanes of at least 4 members (excludes halogenated alkanes) is 10. The van der Waals surface area contributed by atoms with Gasteiger partial charge < -0.3 is 0 Å². The van der Waals surface area contributed by atoms with E-state index in [4.69, 9.17) is 0 Å². The van der Waals surface area contributed by atoms with Gasteiger partial charge in [0.05, 0.1) is 0 Å². The first kappa shape index (κ1) is 22.6. The Morgan fingerprint density at radius 1 is 0.609 bits per heavy atom. The molecule has 0 aliphatic rings. The zero-order valence-corrected chi connectivity index (χ0v) is 16.2. The molecule has 23 heavy (non-hydrogen) atoms. The highest BCUT2D eigenvalue weighted by Crippen LogP contribution is 2.25. The third-order valence-corrected chi connectivity index (χ3v) is 4.82. The third-order valence-electron chi connectivity index (χ3n) is 4.82. The van der Waals surface area contributed by atoms with Crippen molar-refractivity contribution in [2.24, 2.45) is 11.8 Å². The Morgan fingerprint density at radius 3 is 1.70 bits per heavy atom. The normalized spacial score (nSPS) is 12.2. The summed E-state index contributed by atoms with van der Waals surface area (Å²) >= 11 is 0. The highest BCUT2D eigenvalue weighted by atomic mass is 14.2. The molecule has 0 rings (SSSR count). The molecule has 0 nitrogen and oxygen atoms in total. The van der Waals surface area contributed by atoms with E-state index in [9.17, 15) is 0 Å². The summed E-state index contributed by atoms with van der Waals surface area (Å²) in [4.78, 5) is 0. The van der Waals surface area contributed by atoms with Crippen molar-refractivity contribution in [2.45, 2.75) is 110 Å². The molecule has 0 N–H and O–H groups in total. The molecule has 0 fully saturated rings. The molecular formula is C23H42. The van der Waals surface area contributed by atoms with Gasteiger partial charge in [0.15, 0.2) is 0 Å². The lowest BCUT2D eigenvalue weighted by Crippen LogP contribution is -2.08. The zero-order valence-electron chi connectivity index (χ0n) is 16.2. The van der Waals surface area contributed by atoms with Gasteiger partial charge in [0.1, 0.15) is 0 Å². The molecule has 0 amide bonds. The van der Waals surface area contributed by atoms with E-state index < -0.39 is 0 Å². The maximum atomic E-state index is 3.91. The Hall–Kier alpha value is -0.440. The SMILES string of the molecule is [CH2]CCC#CCCCCC(CCCCCCCCC[CH2])C(C)C. The Labute approximate surface area is 148 Å². The van der Waals surface area contributed by atoms with E-state index in [-0.39, 0.29) is 0 Å². The Bertz CT molecular complexity index is 278. The van der Waals surface area contributed by atoms with E-state index in [0.29, 0.717) is 0 Å². The summed E-state index contributed by atoms with van der Waals surface area (Å²) in [6.45, 7) is 12.5. The first-order valence-corrected chi connectivity index (χ1v) is 10.3. The highest BCUT2D eigenvalue weighted by molar-refractivity contribution is 4.98. The predicted molar refractivity (Wildman–Crippen MR) is 106 cm³/mol. The minimum atomic E-state index is 0.837. The lowest BCUT2D eigenvalue weighted by Gasteiger charge is -2.20. The molecule has 1 atom stereocenters. The van der Waals surface area contributed by atoms with Crippen molar-refractivity contribution in [1.82, 2.24) is 0 Å². The van der Waals surface area contributed by atoms with Crippen molar-refractivity contribution in [3.63, 3.8) is 0 Å². The standard InChI is InChI=1S/C23H42/c1-5-7-9-11-13-15-17-19-21-23(22(3)4)20-18-16-14-12-10-8-6-2/h22-23H,1-2,5-9,11,13-21H2,3-4H3. The van der Waals surface area contributed by atoms with E-state index in [1.165, 1.54) is 70.6 Å². The van der Waals surface area contributed by atoms with Crippen LogP contribution in [0.2, 0.25) is 0 Å². The monoisotopic (exact) mass is 318 g/mol. The molecule has 1 unspecified atom stereocenters. The van der Waals surface area contributed by atoms with Crippen LogP contribution in [-0.4, -0.2) is 0 Å². The molecule has 2 radical (unpaired) electrons. The fourth-order valence-electron chi connectivity index (χ4n) is 3.16. The highest BCUT2D eigenvalue weighted by Gasteiger charge is 2.12. The van der Waals surface area contributed by atoms with Crippen molar-refractivity contribution < 1.29 is 0 Å². The third kappa shape index (κ3) is 16.2. The van der Waals surface area contributed by atoms with Crippen LogP contribution in [0, 0.1) is 37.5 Å². The molecule has 0 saturated carbocycles. The average molecular weight is 319 g/mol. The molecule has 0 spiro atoms. The molecule has 0 aromatic rings. The van der Waals surface area contributed by atoms with Crippen molar-refractivity contribution in [3.8, 4) is 11.8 Å². The van der Waals surface area contributed by atoms with Crippen molar-refractivity contribution >= 4 is 0 Å². The largest absolute Gasteiger partial charge is 0.103 e. The number of hydrogen-bond acceptors (Lipinski definition) is 0. The van der Waals surface area contributed by atoms with Crippen molar-refractivity contribution in [3.05, 3.63) is 13.8 Å². The van der Waals surface area contributed by atoms with E-state index in [1.54, 1.807) is 0 Å². The molecule has 0 aromatic carbocycles. The Balaban J connectivity index is 3.57. The maximum Gasteiger partial charge on any atom is 0.00886 e. The molecule has 0 aromatic heterocycles. The summed E-state index contributed by atoms with van der Waals surface area (Å²) < 4.78 is 0. The van der Waals surface area contributed by atoms with E-state index in [2.05, 4.69) is 39.5 Å². The summed E-state index contributed by atoms with van der Waals surface area (Å²) in [5, 5.41) is 0. The molecule has 0 heteroatoms. The lowest BCUT2D eigenvalue weighted by atomic mass is 9.86. The molecule has 0 bridgehead atoms. The van der Waals surface area contributed by atoms with Gasteiger partial charge >= 0.3 is 0 Å². The van der Waals surface area contributed by atoms with Gasteiger partial charge in [-0.15, -0.1) is 11.8 Å². The summed E-state index contributed by atoms with van der Waals surface area (Å²) in [7, 11) is 0. The number of hydrogen-bond donors (Lipinski definition) is 0. The number of rotatable bonds is 15. The quantitative estimate of drug-likeness (QED) is 0.213. The van der Waals surface area contributed by atoms with E-state index in [0.717, 1.165) is 37.5 Å². The van der Waals surface area contributed by atoms with Crippen LogP contribution in [0.25, 0.3) is 0 Å². The first-order chi connectivity index (χ1) is 11.2. The molecule has 134 valence electrons. The summed E-state index contributed by atoms with van der Waals surface area (Å²) in [6, 6.07) is 0. The fraction of sp³-hybridized carbons (Fsp3) is 0.826. The van der Waals surface area contributed by atoms with Crippen molar-refractivity contribution in [1.29, 1.82) is 0 Å². The second-order valence-electron chi connectivity index (χ2n) is 7.32.